The van der Waals surface area contributed by atoms with Crippen LogP contribution in [0.4, 0.5) is 0 Å². The van der Waals surface area contributed by atoms with Crippen LogP contribution in [0.5, 0.6) is 11.5 Å². The number of benzene rings is 1. The van der Waals surface area contributed by atoms with Gasteiger partial charge in [0.2, 0.25) is 5.91 Å². The van der Waals surface area contributed by atoms with Crippen molar-refractivity contribution >= 4 is 5.91 Å². The second kappa shape index (κ2) is 19.9. The maximum Gasteiger partial charge on any atom is 0.224 e. The molecule has 0 spiro atoms. The Kier molecular flexibility index (Phi) is 17.6. The lowest BCUT2D eigenvalue weighted by Crippen LogP contribution is -2.26. The predicted molar refractivity (Wildman–Crippen MR) is 135 cm³/mol. The zero-order valence-corrected chi connectivity index (χ0v) is 20.8. The summed E-state index contributed by atoms with van der Waals surface area (Å²) in [6.07, 6.45) is 19.2. The molecule has 5 heteroatoms. The van der Waals surface area contributed by atoms with Crippen LogP contribution in [0.2, 0.25) is 0 Å². The topological polar surface area (TPSA) is 73.6 Å². The molecule has 0 unspecified atom stereocenters. The van der Waals surface area contributed by atoms with Crippen molar-refractivity contribution < 1.29 is 14.3 Å². The standard InChI is InChI=1S/C27H48N2O3/c1-3-4-5-6-7-8-9-10-11-12-13-14-15-16-20-29-27(30)23-24-17-18-25(32-21-19-28)26(22-24)31-2/h17-18,22H,3-16,19-21,23,28H2,1-2H3,(H,29,30). The Bertz CT molecular complexity index is 592. The summed E-state index contributed by atoms with van der Waals surface area (Å²) in [6.45, 7) is 3.92. The van der Waals surface area contributed by atoms with Gasteiger partial charge in [0.15, 0.2) is 11.5 Å². The summed E-state index contributed by atoms with van der Waals surface area (Å²) in [5.74, 6) is 1.35. The van der Waals surface area contributed by atoms with Gasteiger partial charge in [0, 0.05) is 13.1 Å². The summed E-state index contributed by atoms with van der Waals surface area (Å²) in [4.78, 5) is 12.2. The fraction of sp³-hybridized carbons (Fsp3) is 0.741. The van der Waals surface area contributed by atoms with E-state index in [2.05, 4.69) is 12.2 Å². The fourth-order valence-electron chi connectivity index (χ4n) is 3.91. The largest absolute Gasteiger partial charge is 0.493 e. The van der Waals surface area contributed by atoms with Crippen molar-refractivity contribution in [3.05, 3.63) is 23.8 Å². The monoisotopic (exact) mass is 448 g/mol. The molecule has 0 aliphatic rings. The lowest BCUT2D eigenvalue weighted by molar-refractivity contribution is -0.120. The van der Waals surface area contributed by atoms with Gasteiger partial charge >= 0.3 is 0 Å². The first-order valence-corrected chi connectivity index (χ1v) is 13.0. The van der Waals surface area contributed by atoms with Gasteiger partial charge in [-0.05, 0) is 24.1 Å². The Labute approximate surface area is 196 Å². The van der Waals surface area contributed by atoms with Gasteiger partial charge in [-0.3, -0.25) is 4.79 Å². The minimum atomic E-state index is 0.0531. The summed E-state index contributed by atoms with van der Waals surface area (Å²) in [5, 5.41) is 3.03. The first-order chi connectivity index (χ1) is 15.7. The van der Waals surface area contributed by atoms with Crippen molar-refractivity contribution in [3.63, 3.8) is 0 Å². The predicted octanol–water partition coefficient (Wildman–Crippen LogP) is 6.17. The third-order valence-corrected chi connectivity index (χ3v) is 5.82. The number of hydrogen-bond acceptors (Lipinski definition) is 4. The maximum atomic E-state index is 12.2. The van der Waals surface area contributed by atoms with Crippen molar-refractivity contribution in [1.29, 1.82) is 0 Å². The van der Waals surface area contributed by atoms with E-state index in [1.165, 1.54) is 83.5 Å². The molecule has 0 heterocycles. The van der Waals surface area contributed by atoms with Crippen molar-refractivity contribution in [2.24, 2.45) is 5.73 Å². The van der Waals surface area contributed by atoms with Crippen molar-refractivity contribution in [3.8, 4) is 11.5 Å². The summed E-state index contributed by atoms with van der Waals surface area (Å²) in [7, 11) is 1.60. The molecule has 1 aromatic carbocycles. The molecule has 0 aliphatic heterocycles. The molecule has 0 aromatic heterocycles. The number of unbranched alkanes of at least 4 members (excludes halogenated alkanes) is 13. The van der Waals surface area contributed by atoms with Gasteiger partial charge in [-0.1, -0.05) is 96.5 Å². The first-order valence-electron chi connectivity index (χ1n) is 13.0. The quantitative estimate of drug-likeness (QED) is 0.220. The first kappa shape index (κ1) is 28.3. The van der Waals surface area contributed by atoms with E-state index < -0.39 is 0 Å². The van der Waals surface area contributed by atoms with E-state index in [-0.39, 0.29) is 5.91 Å². The van der Waals surface area contributed by atoms with Crippen LogP contribution in [0.3, 0.4) is 0 Å². The Hall–Kier alpha value is -1.75. The molecule has 0 fully saturated rings. The van der Waals surface area contributed by atoms with Crippen LogP contribution in [0.1, 0.15) is 102 Å². The summed E-state index contributed by atoms with van der Waals surface area (Å²) in [5.41, 5.74) is 6.39. The molecule has 0 radical (unpaired) electrons. The molecule has 5 nitrogen and oxygen atoms in total. The Morgan fingerprint density at radius 2 is 1.41 bits per heavy atom. The van der Waals surface area contributed by atoms with Crippen molar-refractivity contribution in [2.75, 3.05) is 26.8 Å². The Balaban J connectivity index is 1.99. The lowest BCUT2D eigenvalue weighted by atomic mass is 10.0. The number of carbonyl (C=O) groups excluding carboxylic acids is 1. The zero-order valence-electron chi connectivity index (χ0n) is 20.8. The van der Waals surface area contributed by atoms with E-state index in [1.807, 2.05) is 18.2 Å². The molecule has 3 N–H and O–H groups in total. The molecule has 0 saturated carbocycles. The summed E-state index contributed by atoms with van der Waals surface area (Å²) >= 11 is 0. The highest BCUT2D eigenvalue weighted by Gasteiger charge is 2.09. The average Bonchev–Trinajstić information content (AvgIpc) is 2.80. The van der Waals surface area contributed by atoms with Crippen LogP contribution in [-0.4, -0.2) is 32.7 Å². The van der Waals surface area contributed by atoms with Gasteiger partial charge in [0.05, 0.1) is 13.5 Å². The maximum absolute atomic E-state index is 12.2. The third-order valence-electron chi connectivity index (χ3n) is 5.82. The highest BCUT2D eigenvalue weighted by molar-refractivity contribution is 5.78. The van der Waals surface area contributed by atoms with Crippen molar-refractivity contribution in [1.82, 2.24) is 5.32 Å². The van der Waals surface area contributed by atoms with Crippen LogP contribution in [0.25, 0.3) is 0 Å². The van der Waals surface area contributed by atoms with Crippen LogP contribution >= 0.6 is 0 Å². The summed E-state index contributed by atoms with van der Waals surface area (Å²) < 4.78 is 10.9. The van der Waals surface area contributed by atoms with Gasteiger partial charge in [0.1, 0.15) is 6.61 Å². The van der Waals surface area contributed by atoms with E-state index in [0.717, 1.165) is 18.5 Å². The number of nitrogens with two attached hydrogens (primary N) is 1. The third kappa shape index (κ3) is 14.3. The lowest BCUT2D eigenvalue weighted by Gasteiger charge is -2.12. The average molecular weight is 449 g/mol. The molecule has 0 saturated heterocycles. The minimum Gasteiger partial charge on any atom is -0.493 e. The van der Waals surface area contributed by atoms with Crippen LogP contribution in [-0.2, 0) is 11.2 Å². The highest BCUT2D eigenvalue weighted by atomic mass is 16.5. The van der Waals surface area contributed by atoms with Gasteiger partial charge in [0.25, 0.3) is 0 Å². The Morgan fingerprint density at radius 1 is 0.844 bits per heavy atom. The molecule has 0 aliphatic carbocycles. The van der Waals surface area contributed by atoms with Crippen LogP contribution < -0.4 is 20.5 Å². The molecule has 32 heavy (non-hydrogen) atoms. The summed E-state index contributed by atoms with van der Waals surface area (Å²) in [6, 6.07) is 5.60. The molecular weight excluding hydrogens is 400 g/mol. The smallest absolute Gasteiger partial charge is 0.224 e. The van der Waals surface area contributed by atoms with E-state index in [0.29, 0.717) is 31.1 Å². The zero-order chi connectivity index (χ0) is 23.3. The van der Waals surface area contributed by atoms with Gasteiger partial charge in [-0.2, -0.15) is 0 Å². The number of nitrogens with one attached hydrogen (secondary N) is 1. The van der Waals surface area contributed by atoms with Gasteiger partial charge in [-0.25, -0.2) is 0 Å². The molecule has 1 rings (SSSR count). The van der Waals surface area contributed by atoms with Crippen LogP contribution in [0.15, 0.2) is 18.2 Å². The molecule has 1 aromatic rings. The Morgan fingerprint density at radius 3 is 1.94 bits per heavy atom. The van der Waals surface area contributed by atoms with E-state index in [9.17, 15) is 4.79 Å². The van der Waals surface area contributed by atoms with E-state index in [1.54, 1.807) is 7.11 Å². The number of hydrogen-bond donors (Lipinski definition) is 2. The number of amides is 1. The molecule has 184 valence electrons. The normalized spacial score (nSPS) is 10.8. The number of rotatable bonds is 21. The van der Waals surface area contributed by atoms with Gasteiger partial charge < -0.3 is 20.5 Å². The SMILES string of the molecule is CCCCCCCCCCCCCCCCNC(=O)Cc1ccc(OCCN)c(OC)c1. The second-order valence-corrected chi connectivity index (χ2v) is 8.75. The number of methoxy groups -OCH3 is 1. The number of carbonyl (C=O) groups is 1. The molecule has 0 bridgehead atoms. The molecule has 1 amide bonds. The van der Waals surface area contributed by atoms with Crippen molar-refractivity contribution in [2.45, 2.75) is 103 Å². The highest BCUT2D eigenvalue weighted by Crippen LogP contribution is 2.28. The van der Waals surface area contributed by atoms with E-state index in [4.69, 9.17) is 15.2 Å². The molecule has 0 atom stereocenters. The second-order valence-electron chi connectivity index (χ2n) is 8.75. The van der Waals surface area contributed by atoms with Gasteiger partial charge in [-0.15, -0.1) is 0 Å². The number of ether oxygens (including phenoxy) is 2. The van der Waals surface area contributed by atoms with E-state index >= 15 is 0 Å². The molecular formula is C27H48N2O3. The van der Waals surface area contributed by atoms with Crippen LogP contribution in [0, 0.1) is 0 Å². The minimum absolute atomic E-state index is 0.0531. The fourth-order valence-corrected chi connectivity index (χ4v) is 3.91.